The van der Waals surface area contributed by atoms with Crippen LogP contribution < -0.4 is 10.6 Å². The number of aromatic nitrogens is 2. The lowest BCUT2D eigenvalue weighted by Crippen LogP contribution is -2.38. The van der Waals surface area contributed by atoms with Crippen LogP contribution in [0.2, 0.25) is 0 Å². The number of hydrogen-bond acceptors (Lipinski definition) is 5. The standard InChI is InChI=1S/C22H33N5O2/c1-3-20-26-21(29-27-20)19-10-8-17(9-11-19)12-14-25-22(23-4-2)24-13-5-15-28-16-18-6-7-18/h8-11,18H,3-7,12-16H2,1-2H3,(H2,23,24,25). The van der Waals surface area contributed by atoms with E-state index in [9.17, 15) is 0 Å². The molecule has 3 rings (SSSR count). The van der Waals surface area contributed by atoms with Gasteiger partial charge in [-0.05, 0) is 56.2 Å². The van der Waals surface area contributed by atoms with Crippen LogP contribution in [0.1, 0.15) is 44.5 Å². The second-order valence-electron chi connectivity index (χ2n) is 7.38. The minimum absolute atomic E-state index is 0.578. The molecule has 0 saturated heterocycles. The molecule has 0 bridgehead atoms. The fraction of sp³-hybridized carbons (Fsp3) is 0.591. The van der Waals surface area contributed by atoms with Crippen LogP contribution in [-0.2, 0) is 17.6 Å². The minimum Gasteiger partial charge on any atom is -0.381 e. The van der Waals surface area contributed by atoms with Gasteiger partial charge in [-0.15, -0.1) is 0 Å². The first-order chi connectivity index (χ1) is 14.3. The first-order valence-corrected chi connectivity index (χ1v) is 10.8. The van der Waals surface area contributed by atoms with Gasteiger partial charge in [0.1, 0.15) is 0 Å². The molecule has 1 aliphatic rings. The predicted molar refractivity (Wildman–Crippen MR) is 115 cm³/mol. The maximum atomic E-state index is 5.66. The Morgan fingerprint density at radius 2 is 2.03 bits per heavy atom. The summed E-state index contributed by atoms with van der Waals surface area (Å²) in [6.07, 6.45) is 5.33. The van der Waals surface area contributed by atoms with Crippen molar-refractivity contribution in [2.75, 3.05) is 32.8 Å². The third-order valence-corrected chi connectivity index (χ3v) is 4.80. The molecule has 1 aromatic heterocycles. The van der Waals surface area contributed by atoms with Crippen LogP contribution in [0.4, 0.5) is 0 Å². The van der Waals surface area contributed by atoms with E-state index >= 15 is 0 Å². The van der Waals surface area contributed by atoms with Gasteiger partial charge >= 0.3 is 0 Å². The number of nitrogens with zero attached hydrogens (tertiary/aromatic N) is 3. The van der Waals surface area contributed by atoms with Crippen LogP contribution in [-0.4, -0.2) is 48.9 Å². The second-order valence-corrected chi connectivity index (χ2v) is 7.38. The largest absolute Gasteiger partial charge is 0.381 e. The van der Waals surface area contributed by atoms with Crippen molar-refractivity contribution in [1.29, 1.82) is 0 Å². The average Bonchev–Trinajstić information content (AvgIpc) is 3.44. The summed E-state index contributed by atoms with van der Waals surface area (Å²) in [6.45, 7) is 8.26. The Morgan fingerprint density at radius 1 is 1.21 bits per heavy atom. The van der Waals surface area contributed by atoms with Gasteiger partial charge in [0, 0.05) is 44.8 Å². The van der Waals surface area contributed by atoms with E-state index in [0.717, 1.165) is 75.4 Å². The van der Waals surface area contributed by atoms with Crippen molar-refractivity contribution in [2.45, 2.75) is 46.0 Å². The summed E-state index contributed by atoms with van der Waals surface area (Å²) in [4.78, 5) is 9.00. The van der Waals surface area contributed by atoms with Gasteiger partial charge in [0.05, 0.1) is 0 Å². The Morgan fingerprint density at radius 3 is 2.72 bits per heavy atom. The summed E-state index contributed by atoms with van der Waals surface area (Å²) < 4.78 is 11.0. The lowest BCUT2D eigenvalue weighted by molar-refractivity contribution is 0.123. The van der Waals surface area contributed by atoms with Gasteiger partial charge in [0.2, 0.25) is 0 Å². The van der Waals surface area contributed by atoms with E-state index in [2.05, 4.69) is 44.8 Å². The Balaban J connectivity index is 1.38. The van der Waals surface area contributed by atoms with E-state index in [1.165, 1.54) is 18.4 Å². The first-order valence-electron chi connectivity index (χ1n) is 10.8. The van der Waals surface area contributed by atoms with Gasteiger partial charge in [0.15, 0.2) is 11.8 Å². The molecular formula is C22H33N5O2. The van der Waals surface area contributed by atoms with E-state index in [1.807, 2.05) is 19.1 Å². The topological polar surface area (TPSA) is 84.6 Å². The van der Waals surface area contributed by atoms with E-state index in [4.69, 9.17) is 9.26 Å². The van der Waals surface area contributed by atoms with E-state index in [1.54, 1.807) is 0 Å². The highest BCUT2D eigenvalue weighted by Gasteiger charge is 2.20. The Bertz CT molecular complexity index is 753. The highest BCUT2D eigenvalue weighted by molar-refractivity contribution is 5.79. The molecule has 0 radical (unpaired) electrons. The van der Waals surface area contributed by atoms with Crippen LogP contribution in [0, 0.1) is 5.92 Å². The van der Waals surface area contributed by atoms with E-state index in [0.29, 0.717) is 5.89 Å². The molecule has 0 amide bonds. The molecule has 2 N–H and O–H groups in total. The van der Waals surface area contributed by atoms with Crippen molar-refractivity contribution in [2.24, 2.45) is 10.9 Å². The van der Waals surface area contributed by atoms with E-state index in [-0.39, 0.29) is 0 Å². The van der Waals surface area contributed by atoms with Crippen LogP contribution in [0.15, 0.2) is 33.8 Å². The Hall–Kier alpha value is -2.41. The third-order valence-electron chi connectivity index (χ3n) is 4.80. The van der Waals surface area contributed by atoms with Gasteiger partial charge in [-0.3, -0.25) is 4.99 Å². The Kier molecular flexibility index (Phi) is 8.49. The average molecular weight is 400 g/mol. The van der Waals surface area contributed by atoms with Crippen molar-refractivity contribution in [3.05, 3.63) is 35.7 Å². The van der Waals surface area contributed by atoms with Gasteiger partial charge in [-0.1, -0.05) is 24.2 Å². The molecule has 0 aliphatic heterocycles. The Labute approximate surface area is 173 Å². The molecule has 2 aromatic rings. The monoisotopic (exact) mass is 399 g/mol. The summed E-state index contributed by atoms with van der Waals surface area (Å²) >= 11 is 0. The molecule has 1 fully saturated rings. The van der Waals surface area contributed by atoms with Crippen LogP contribution in [0.5, 0.6) is 0 Å². The van der Waals surface area contributed by atoms with Crippen molar-refractivity contribution in [3.8, 4) is 11.5 Å². The predicted octanol–water partition coefficient (Wildman–Crippen LogP) is 3.21. The molecule has 1 aromatic carbocycles. The number of benzene rings is 1. The normalized spacial score (nSPS) is 14.2. The highest BCUT2D eigenvalue weighted by Crippen LogP contribution is 2.28. The highest BCUT2D eigenvalue weighted by atomic mass is 16.5. The zero-order chi connectivity index (χ0) is 20.3. The molecule has 1 heterocycles. The quantitative estimate of drug-likeness (QED) is 0.324. The first kappa shape index (κ1) is 21.3. The number of guanidine groups is 1. The lowest BCUT2D eigenvalue weighted by Gasteiger charge is -2.11. The molecule has 0 spiro atoms. The molecule has 0 unspecified atom stereocenters. The molecule has 158 valence electrons. The second kappa shape index (κ2) is 11.6. The van der Waals surface area contributed by atoms with Crippen molar-refractivity contribution >= 4 is 5.96 Å². The van der Waals surface area contributed by atoms with Gasteiger partial charge in [-0.25, -0.2) is 0 Å². The van der Waals surface area contributed by atoms with Gasteiger partial charge < -0.3 is 19.9 Å². The zero-order valence-corrected chi connectivity index (χ0v) is 17.6. The van der Waals surface area contributed by atoms with Crippen LogP contribution >= 0.6 is 0 Å². The number of hydrogen-bond donors (Lipinski definition) is 2. The van der Waals surface area contributed by atoms with Crippen LogP contribution in [0.25, 0.3) is 11.5 Å². The number of aryl methyl sites for hydroxylation is 1. The number of nitrogens with one attached hydrogen (secondary N) is 2. The minimum atomic E-state index is 0.578. The van der Waals surface area contributed by atoms with Gasteiger partial charge in [-0.2, -0.15) is 4.98 Å². The van der Waals surface area contributed by atoms with Crippen molar-refractivity contribution in [3.63, 3.8) is 0 Å². The zero-order valence-electron chi connectivity index (χ0n) is 17.6. The van der Waals surface area contributed by atoms with Crippen molar-refractivity contribution < 1.29 is 9.26 Å². The van der Waals surface area contributed by atoms with Crippen LogP contribution in [0.3, 0.4) is 0 Å². The smallest absolute Gasteiger partial charge is 0.257 e. The fourth-order valence-electron chi connectivity index (χ4n) is 2.89. The number of rotatable bonds is 12. The fourth-order valence-corrected chi connectivity index (χ4v) is 2.89. The van der Waals surface area contributed by atoms with E-state index < -0.39 is 0 Å². The third kappa shape index (κ3) is 7.49. The van der Waals surface area contributed by atoms with Crippen molar-refractivity contribution in [1.82, 2.24) is 20.8 Å². The maximum Gasteiger partial charge on any atom is 0.257 e. The van der Waals surface area contributed by atoms with Gasteiger partial charge in [0.25, 0.3) is 5.89 Å². The molecule has 1 aliphatic carbocycles. The maximum absolute atomic E-state index is 5.66. The molecule has 7 heteroatoms. The number of aliphatic imine (C=N–C) groups is 1. The summed E-state index contributed by atoms with van der Waals surface area (Å²) in [5.74, 6) is 3.00. The summed E-state index contributed by atoms with van der Waals surface area (Å²) in [6, 6.07) is 8.27. The summed E-state index contributed by atoms with van der Waals surface area (Å²) in [5.41, 5.74) is 2.20. The summed E-state index contributed by atoms with van der Waals surface area (Å²) in [7, 11) is 0. The molecule has 29 heavy (non-hydrogen) atoms. The number of ether oxygens (including phenoxy) is 1. The molecule has 7 nitrogen and oxygen atoms in total. The SMILES string of the molecule is CCNC(=NCCCOCC1CC1)NCCc1ccc(-c2nc(CC)no2)cc1. The summed E-state index contributed by atoms with van der Waals surface area (Å²) in [5, 5.41) is 10.6. The molecular weight excluding hydrogens is 366 g/mol. The lowest BCUT2D eigenvalue weighted by atomic mass is 10.1. The molecule has 1 saturated carbocycles. The molecule has 0 atom stereocenters.